The van der Waals surface area contributed by atoms with E-state index in [4.69, 9.17) is 5.11 Å². The van der Waals surface area contributed by atoms with Crippen LogP contribution in [0.2, 0.25) is 0 Å². The van der Waals surface area contributed by atoms with Crippen LogP contribution in [0.15, 0.2) is 23.2 Å². The van der Waals surface area contributed by atoms with E-state index in [1.165, 1.54) is 18.2 Å². The molecular formula is C12H13NO3. The minimum Gasteiger partial charge on any atom is -0.478 e. The molecule has 1 rings (SSSR count). The van der Waals surface area contributed by atoms with Crippen molar-refractivity contribution in [3.05, 3.63) is 29.3 Å². The summed E-state index contributed by atoms with van der Waals surface area (Å²) < 4.78 is 0. The van der Waals surface area contributed by atoms with Gasteiger partial charge in [-0.15, -0.1) is 0 Å². The van der Waals surface area contributed by atoms with Gasteiger partial charge in [0.1, 0.15) is 0 Å². The molecule has 84 valence electrons. The second-order valence-electron chi connectivity index (χ2n) is 4.49. The lowest BCUT2D eigenvalue weighted by atomic mass is 9.83. The first kappa shape index (κ1) is 12.1. The predicted octanol–water partition coefficient (Wildman–Crippen LogP) is 2.65. The third-order valence-corrected chi connectivity index (χ3v) is 2.22. The molecule has 16 heavy (non-hydrogen) atoms. The summed E-state index contributed by atoms with van der Waals surface area (Å²) in [5.41, 5.74) is 0.987. The molecule has 0 atom stereocenters. The standard InChI is InChI=1S/C12H13NO3/c1-12(2,3)10-6-8(13-7-14)4-5-9(10)11(15)16/h4-6H,1-3H3,(H,15,16). The van der Waals surface area contributed by atoms with Crippen molar-refractivity contribution in [2.24, 2.45) is 4.99 Å². The number of benzene rings is 1. The fourth-order valence-electron chi connectivity index (χ4n) is 1.46. The molecule has 0 aliphatic heterocycles. The van der Waals surface area contributed by atoms with Crippen LogP contribution in [-0.4, -0.2) is 17.2 Å². The zero-order valence-corrected chi connectivity index (χ0v) is 9.44. The molecule has 0 spiro atoms. The van der Waals surface area contributed by atoms with E-state index in [1.54, 1.807) is 6.07 Å². The maximum Gasteiger partial charge on any atom is 0.335 e. The van der Waals surface area contributed by atoms with Crippen molar-refractivity contribution in [3.8, 4) is 0 Å². The largest absolute Gasteiger partial charge is 0.478 e. The van der Waals surface area contributed by atoms with Crippen molar-refractivity contribution in [1.82, 2.24) is 0 Å². The van der Waals surface area contributed by atoms with E-state index in [9.17, 15) is 9.59 Å². The Morgan fingerprint density at radius 1 is 1.38 bits per heavy atom. The highest BCUT2D eigenvalue weighted by Gasteiger charge is 2.21. The van der Waals surface area contributed by atoms with Crippen molar-refractivity contribution in [1.29, 1.82) is 0 Å². The monoisotopic (exact) mass is 219 g/mol. The molecule has 0 fully saturated rings. The molecule has 1 N–H and O–H groups in total. The summed E-state index contributed by atoms with van der Waals surface area (Å²) in [5.74, 6) is -0.980. The Hall–Kier alpha value is -1.93. The van der Waals surface area contributed by atoms with E-state index in [0.29, 0.717) is 11.3 Å². The molecule has 0 amide bonds. The molecule has 0 saturated heterocycles. The normalized spacial score (nSPS) is 10.7. The van der Waals surface area contributed by atoms with Crippen molar-refractivity contribution in [2.45, 2.75) is 26.2 Å². The van der Waals surface area contributed by atoms with Crippen LogP contribution < -0.4 is 0 Å². The Balaban J connectivity index is 3.44. The number of hydrogen-bond donors (Lipinski definition) is 1. The minimum absolute atomic E-state index is 0.234. The zero-order valence-electron chi connectivity index (χ0n) is 9.44. The molecule has 0 heterocycles. The van der Waals surface area contributed by atoms with Crippen molar-refractivity contribution < 1.29 is 14.7 Å². The number of rotatable bonds is 2. The Kier molecular flexibility index (Phi) is 3.25. The summed E-state index contributed by atoms with van der Waals surface area (Å²) in [6, 6.07) is 4.55. The molecule has 1 aromatic carbocycles. The van der Waals surface area contributed by atoms with E-state index in [1.807, 2.05) is 20.8 Å². The first-order valence-electron chi connectivity index (χ1n) is 4.82. The average molecular weight is 219 g/mol. The van der Waals surface area contributed by atoms with Gasteiger partial charge in [-0.3, -0.25) is 0 Å². The fourth-order valence-corrected chi connectivity index (χ4v) is 1.46. The molecular weight excluding hydrogens is 206 g/mol. The number of aromatic carboxylic acids is 1. The molecule has 4 heteroatoms. The zero-order chi connectivity index (χ0) is 12.3. The second-order valence-corrected chi connectivity index (χ2v) is 4.49. The van der Waals surface area contributed by atoms with E-state index < -0.39 is 5.97 Å². The highest BCUT2D eigenvalue weighted by atomic mass is 16.4. The van der Waals surface area contributed by atoms with E-state index >= 15 is 0 Å². The van der Waals surface area contributed by atoms with Crippen LogP contribution in [0, 0.1) is 0 Å². The van der Waals surface area contributed by atoms with Crippen LogP contribution in [0.5, 0.6) is 0 Å². The van der Waals surface area contributed by atoms with Crippen LogP contribution in [-0.2, 0) is 10.2 Å². The van der Waals surface area contributed by atoms with Gasteiger partial charge in [-0.1, -0.05) is 20.8 Å². The lowest BCUT2D eigenvalue weighted by Gasteiger charge is -2.21. The summed E-state index contributed by atoms with van der Waals surface area (Å²) in [5, 5.41) is 9.04. The highest BCUT2D eigenvalue weighted by Crippen LogP contribution is 2.29. The third kappa shape index (κ3) is 2.55. The van der Waals surface area contributed by atoms with Gasteiger partial charge in [-0.05, 0) is 29.2 Å². The maximum atomic E-state index is 11.0. The van der Waals surface area contributed by atoms with Crippen LogP contribution in [0.3, 0.4) is 0 Å². The van der Waals surface area contributed by atoms with Gasteiger partial charge in [0, 0.05) is 0 Å². The third-order valence-electron chi connectivity index (χ3n) is 2.22. The van der Waals surface area contributed by atoms with Crippen LogP contribution in [0.1, 0.15) is 36.7 Å². The number of aliphatic imine (C=N–C) groups is 1. The number of carbonyl (C=O) groups excluding carboxylic acids is 1. The first-order chi connectivity index (χ1) is 7.36. The maximum absolute atomic E-state index is 11.0. The van der Waals surface area contributed by atoms with Crippen LogP contribution >= 0.6 is 0 Å². The SMILES string of the molecule is CC(C)(C)c1cc(N=C=O)ccc1C(=O)O. The topological polar surface area (TPSA) is 66.7 Å². The number of carbonyl (C=O) groups is 1. The molecule has 0 aliphatic rings. The average Bonchev–Trinajstić information content (AvgIpc) is 2.16. The summed E-state index contributed by atoms with van der Waals surface area (Å²) in [4.78, 5) is 24.7. The summed E-state index contributed by atoms with van der Waals surface area (Å²) >= 11 is 0. The van der Waals surface area contributed by atoms with Gasteiger partial charge < -0.3 is 5.11 Å². The number of hydrogen-bond acceptors (Lipinski definition) is 3. The van der Waals surface area contributed by atoms with Crippen molar-refractivity contribution in [3.63, 3.8) is 0 Å². The van der Waals surface area contributed by atoms with Gasteiger partial charge >= 0.3 is 5.97 Å². The van der Waals surface area contributed by atoms with Crippen molar-refractivity contribution >= 4 is 17.7 Å². The molecule has 0 aromatic heterocycles. The quantitative estimate of drug-likeness (QED) is 0.614. The minimum atomic E-state index is -0.980. The molecule has 0 unspecified atom stereocenters. The second kappa shape index (κ2) is 4.29. The molecule has 0 radical (unpaired) electrons. The fraction of sp³-hybridized carbons (Fsp3) is 0.333. The number of carboxylic acid groups (broad SMARTS) is 1. The number of carboxylic acids is 1. The lowest BCUT2D eigenvalue weighted by Crippen LogP contribution is -2.16. The number of nitrogens with zero attached hydrogens (tertiary/aromatic N) is 1. The first-order valence-corrected chi connectivity index (χ1v) is 4.82. The van der Waals surface area contributed by atoms with Crippen molar-refractivity contribution in [2.75, 3.05) is 0 Å². The van der Waals surface area contributed by atoms with Gasteiger partial charge in [0.2, 0.25) is 6.08 Å². The van der Waals surface area contributed by atoms with Gasteiger partial charge in [-0.2, -0.15) is 4.99 Å². The van der Waals surface area contributed by atoms with Crippen LogP contribution in [0.25, 0.3) is 0 Å². The molecule has 0 saturated carbocycles. The Bertz CT molecular complexity index is 466. The smallest absolute Gasteiger partial charge is 0.335 e. The van der Waals surface area contributed by atoms with E-state index in [2.05, 4.69) is 4.99 Å². The van der Waals surface area contributed by atoms with E-state index in [0.717, 1.165) is 0 Å². The number of isocyanates is 1. The Labute approximate surface area is 93.6 Å². The van der Waals surface area contributed by atoms with Gasteiger partial charge in [0.15, 0.2) is 0 Å². The molecule has 1 aromatic rings. The predicted molar refractivity (Wildman–Crippen MR) is 59.9 cm³/mol. The van der Waals surface area contributed by atoms with Gasteiger partial charge in [0.25, 0.3) is 0 Å². The van der Waals surface area contributed by atoms with Gasteiger partial charge in [0.05, 0.1) is 11.3 Å². The Morgan fingerprint density at radius 2 is 2.00 bits per heavy atom. The summed E-state index contributed by atoms with van der Waals surface area (Å²) in [7, 11) is 0. The summed E-state index contributed by atoms with van der Waals surface area (Å²) in [6.45, 7) is 5.72. The lowest BCUT2D eigenvalue weighted by molar-refractivity contribution is 0.0694. The Morgan fingerprint density at radius 3 is 2.44 bits per heavy atom. The molecule has 4 nitrogen and oxygen atoms in total. The molecule has 0 bridgehead atoms. The highest BCUT2D eigenvalue weighted by molar-refractivity contribution is 5.90. The van der Waals surface area contributed by atoms with Gasteiger partial charge in [-0.25, -0.2) is 9.59 Å². The van der Waals surface area contributed by atoms with E-state index in [-0.39, 0.29) is 11.0 Å². The molecule has 0 aliphatic carbocycles. The van der Waals surface area contributed by atoms with Crippen LogP contribution in [0.4, 0.5) is 5.69 Å². The summed E-state index contributed by atoms with van der Waals surface area (Å²) in [6.07, 6.45) is 1.44.